The van der Waals surface area contributed by atoms with Gasteiger partial charge in [0, 0.05) is 5.56 Å². The zero-order valence-electron chi connectivity index (χ0n) is 12.5. The second-order valence-corrected chi connectivity index (χ2v) is 5.06. The molecule has 0 fully saturated rings. The number of hydrogen-bond donors (Lipinski definition) is 2. The highest BCUT2D eigenvalue weighted by Crippen LogP contribution is 2.17. The molecule has 1 aromatic heterocycles. The van der Waals surface area contributed by atoms with Gasteiger partial charge in [0.15, 0.2) is 0 Å². The number of aromatic nitrogens is 2. The maximum Gasteiger partial charge on any atom is 0.251 e. The van der Waals surface area contributed by atoms with Crippen LogP contribution in [0.3, 0.4) is 0 Å². The molecule has 112 valence electrons. The normalized spacial score (nSPS) is 12.1. The summed E-state index contributed by atoms with van der Waals surface area (Å²) in [7, 11) is 1.60. The van der Waals surface area contributed by atoms with Crippen molar-refractivity contribution >= 4 is 16.9 Å². The van der Waals surface area contributed by atoms with Gasteiger partial charge in [0.1, 0.15) is 11.6 Å². The minimum Gasteiger partial charge on any atom is -0.497 e. The minimum atomic E-state index is -0.206. The van der Waals surface area contributed by atoms with Crippen LogP contribution in [0, 0.1) is 0 Å². The van der Waals surface area contributed by atoms with E-state index in [-0.39, 0.29) is 11.9 Å². The van der Waals surface area contributed by atoms with Gasteiger partial charge in [-0.25, -0.2) is 4.98 Å². The number of benzene rings is 2. The Kier molecular flexibility index (Phi) is 3.78. The summed E-state index contributed by atoms with van der Waals surface area (Å²) in [4.78, 5) is 20.0. The predicted molar refractivity (Wildman–Crippen MR) is 85.0 cm³/mol. The highest BCUT2D eigenvalue weighted by molar-refractivity contribution is 5.94. The van der Waals surface area contributed by atoms with Gasteiger partial charge in [-0.3, -0.25) is 4.79 Å². The molecule has 1 atom stereocenters. The molecule has 5 nitrogen and oxygen atoms in total. The maximum atomic E-state index is 12.2. The highest BCUT2D eigenvalue weighted by Gasteiger charge is 2.14. The summed E-state index contributed by atoms with van der Waals surface area (Å²) in [6, 6.07) is 14.6. The number of rotatable bonds is 4. The van der Waals surface area contributed by atoms with Crippen LogP contribution in [-0.2, 0) is 0 Å². The lowest BCUT2D eigenvalue weighted by molar-refractivity contribution is 0.0938. The molecular weight excluding hydrogens is 278 g/mol. The van der Waals surface area contributed by atoms with E-state index in [0.717, 1.165) is 22.6 Å². The minimum absolute atomic E-state index is 0.143. The Hall–Kier alpha value is -2.82. The van der Waals surface area contributed by atoms with Gasteiger partial charge in [-0.05, 0) is 43.3 Å². The number of H-pyrrole nitrogens is 1. The van der Waals surface area contributed by atoms with E-state index >= 15 is 0 Å². The average molecular weight is 295 g/mol. The van der Waals surface area contributed by atoms with Gasteiger partial charge in [0.25, 0.3) is 5.91 Å². The first-order valence-corrected chi connectivity index (χ1v) is 7.07. The summed E-state index contributed by atoms with van der Waals surface area (Å²) >= 11 is 0. The summed E-state index contributed by atoms with van der Waals surface area (Å²) < 4.78 is 5.09. The number of ether oxygens (including phenoxy) is 1. The van der Waals surface area contributed by atoms with E-state index in [9.17, 15) is 4.79 Å². The smallest absolute Gasteiger partial charge is 0.251 e. The second-order valence-electron chi connectivity index (χ2n) is 5.06. The Balaban J connectivity index is 1.74. The van der Waals surface area contributed by atoms with Crippen molar-refractivity contribution in [1.82, 2.24) is 15.3 Å². The number of hydrogen-bond acceptors (Lipinski definition) is 3. The predicted octanol–water partition coefficient (Wildman–Crippen LogP) is 3.06. The topological polar surface area (TPSA) is 67.0 Å². The third-order valence-corrected chi connectivity index (χ3v) is 3.52. The van der Waals surface area contributed by atoms with Crippen LogP contribution >= 0.6 is 0 Å². The van der Waals surface area contributed by atoms with Crippen LogP contribution < -0.4 is 10.1 Å². The Morgan fingerprint density at radius 3 is 2.59 bits per heavy atom. The molecule has 0 spiro atoms. The number of carbonyl (C=O) groups is 1. The fourth-order valence-corrected chi connectivity index (χ4v) is 2.27. The number of aromatic amines is 1. The van der Waals surface area contributed by atoms with Crippen LogP contribution in [0.1, 0.15) is 29.1 Å². The lowest BCUT2D eigenvalue weighted by atomic mass is 10.2. The van der Waals surface area contributed by atoms with Gasteiger partial charge in [-0.1, -0.05) is 12.1 Å². The summed E-state index contributed by atoms with van der Waals surface area (Å²) in [5.74, 6) is 1.32. The van der Waals surface area contributed by atoms with E-state index in [1.54, 1.807) is 31.4 Å². The molecule has 1 heterocycles. The first-order chi connectivity index (χ1) is 10.7. The van der Waals surface area contributed by atoms with Crippen molar-refractivity contribution in [3.8, 4) is 5.75 Å². The SMILES string of the molecule is COc1ccc(C(=O)NC(C)c2nc3ccccc3[nH]2)cc1. The fourth-order valence-electron chi connectivity index (χ4n) is 2.27. The van der Waals surface area contributed by atoms with Gasteiger partial charge in [-0.2, -0.15) is 0 Å². The van der Waals surface area contributed by atoms with Crippen LogP contribution in [0.5, 0.6) is 5.75 Å². The van der Waals surface area contributed by atoms with Crippen molar-refractivity contribution in [2.24, 2.45) is 0 Å². The number of nitrogens with one attached hydrogen (secondary N) is 2. The molecule has 0 saturated carbocycles. The molecule has 0 aliphatic carbocycles. The molecule has 0 aliphatic rings. The zero-order valence-corrected chi connectivity index (χ0v) is 12.5. The third kappa shape index (κ3) is 2.79. The van der Waals surface area contributed by atoms with Gasteiger partial charge >= 0.3 is 0 Å². The first-order valence-electron chi connectivity index (χ1n) is 7.07. The van der Waals surface area contributed by atoms with Crippen LogP contribution in [0.15, 0.2) is 48.5 Å². The van der Waals surface area contributed by atoms with Crippen molar-refractivity contribution < 1.29 is 9.53 Å². The average Bonchev–Trinajstić information content (AvgIpc) is 2.99. The number of fused-ring (bicyclic) bond motifs is 1. The van der Waals surface area contributed by atoms with Crippen molar-refractivity contribution in [2.75, 3.05) is 7.11 Å². The van der Waals surface area contributed by atoms with Crippen molar-refractivity contribution in [3.05, 3.63) is 59.9 Å². The van der Waals surface area contributed by atoms with E-state index in [2.05, 4.69) is 15.3 Å². The summed E-state index contributed by atoms with van der Waals surface area (Å²) in [5.41, 5.74) is 2.44. The van der Waals surface area contributed by atoms with Gasteiger partial charge < -0.3 is 15.0 Å². The van der Waals surface area contributed by atoms with Gasteiger partial charge in [-0.15, -0.1) is 0 Å². The van der Waals surface area contributed by atoms with Crippen LogP contribution in [-0.4, -0.2) is 23.0 Å². The molecule has 0 saturated heterocycles. The van der Waals surface area contributed by atoms with Crippen LogP contribution in [0.4, 0.5) is 0 Å². The monoisotopic (exact) mass is 295 g/mol. The largest absolute Gasteiger partial charge is 0.497 e. The summed E-state index contributed by atoms with van der Waals surface area (Å²) in [6.07, 6.45) is 0. The quantitative estimate of drug-likeness (QED) is 0.777. The molecule has 5 heteroatoms. The fraction of sp³-hybridized carbons (Fsp3) is 0.176. The number of amides is 1. The first kappa shape index (κ1) is 14.1. The third-order valence-electron chi connectivity index (χ3n) is 3.52. The number of imidazole rings is 1. The number of nitrogens with zero attached hydrogens (tertiary/aromatic N) is 1. The van der Waals surface area contributed by atoms with E-state index < -0.39 is 0 Å². The van der Waals surface area contributed by atoms with E-state index in [1.807, 2.05) is 31.2 Å². The maximum absolute atomic E-state index is 12.2. The van der Waals surface area contributed by atoms with Crippen LogP contribution in [0.25, 0.3) is 11.0 Å². The van der Waals surface area contributed by atoms with Gasteiger partial charge in [0.2, 0.25) is 0 Å². The molecule has 1 unspecified atom stereocenters. The summed E-state index contributed by atoms with van der Waals surface area (Å²) in [5, 5.41) is 2.94. The molecule has 3 aromatic rings. The van der Waals surface area contributed by atoms with Crippen molar-refractivity contribution in [3.63, 3.8) is 0 Å². The van der Waals surface area contributed by atoms with E-state index in [0.29, 0.717) is 5.56 Å². The highest BCUT2D eigenvalue weighted by atomic mass is 16.5. The lowest BCUT2D eigenvalue weighted by Gasteiger charge is -2.11. The number of para-hydroxylation sites is 2. The Morgan fingerprint density at radius 1 is 1.18 bits per heavy atom. The lowest BCUT2D eigenvalue weighted by Crippen LogP contribution is -2.27. The molecular formula is C17H17N3O2. The van der Waals surface area contributed by atoms with Crippen LogP contribution in [0.2, 0.25) is 0 Å². The Labute approximate surface area is 128 Å². The van der Waals surface area contributed by atoms with Crippen molar-refractivity contribution in [1.29, 1.82) is 0 Å². The van der Waals surface area contributed by atoms with Gasteiger partial charge in [0.05, 0.1) is 24.2 Å². The second kappa shape index (κ2) is 5.89. The number of carbonyl (C=O) groups excluding carboxylic acids is 1. The Morgan fingerprint density at radius 2 is 1.91 bits per heavy atom. The molecule has 1 amide bonds. The Bertz CT molecular complexity index is 760. The van der Waals surface area contributed by atoms with Crippen molar-refractivity contribution in [2.45, 2.75) is 13.0 Å². The molecule has 0 bridgehead atoms. The molecule has 0 radical (unpaired) electrons. The van der Waals surface area contributed by atoms with E-state index in [1.165, 1.54) is 0 Å². The molecule has 22 heavy (non-hydrogen) atoms. The standard InChI is InChI=1S/C17H17N3O2/c1-11(16-19-14-5-3-4-6-15(14)20-16)18-17(21)12-7-9-13(22-2)10-8-12/h3-11H,1-2H3,(H,18,21)(H,19,20). The number of methoxy groups -OCH3 is 1. The summed E-state index contributed by atoms with van der Waals surface area (Å²) in [6.45, 7) is 1.90. The molecule has 3 rings (SSSR count). The molecule has 0 aliphatic heterocycles. The molecule has 2 N–H and O–H groups in total. The van der Waals surface area contributed by atoms with E-state index in [4.69, 9.17) is 4.74 Å². The zero-order chi connectivity index (χ0) is 15.5. The molecule has 2 aromatic carbocycles.